The van der Waals surface area contributed by atoms with E-state index in [-0.39, 0.29) is 5.63 Å². The molecule has 0 radical (unpaired) electrons. The van der Waals surface area contributed by atoms with Crippen LogP contribution in [0.25, 0.3) is 33.2 Å². The van der Waals surface area contributed by atoms with Crippen molar-refractivity contribution in [3.63, 3.8) is 0 Å². The van der Waals surface area contributed by atoms with Crippen molar-refractivity contribution in [1.29, 1.82) is 0 Å². The fourth-order valence-corrected chi connectivity index (χ4v) is 3.36. The summed E-state index contributed by atoms with van der Waals surface area (Å²) >= 11 is 12.1. The van der Waals surface area contributed by atoms with Gasteiger partial charge >= 0.3 is 5.63 Å². The molecule has 26 heavy (non-hydrogen) atoms. The summed E-state index contributed by atoms with van der Waals surface area (Å²) in [6.07, 6.45) is 0. The minimum atomic E-state index is -0.381. The molecule has 1 aromatic heterocycles. The molecule has 0 saturated carbocycles. The van der Waals surface area contributed by atoms with Crippen LogP contribution in [0.3, 0.4) is 0 Å². The molecular formula is C22H14Cl2O2. The van der Waals surface area contributed by atoms with Crippen LogP contribution in [-0.2, 0) is 0 Å². The molecule has 0 N–H and O–H groups in total. The Balaban J connectivity index is 2.14. The molecule has 1 heterocycles. The van der Waals surface area contributed by atoms with E-state index in [2.05, 4.69) is 0 Å². The van der Waals surface area contributed by atoms with Gasteiger partial charge in [0.25, 0.3) is 0 Å². The van der Waals surface area contributed by atoms with Gasteiger partial charge < -0.3 is 4.42 Å². The normalized spacial score (nSPS) is 11.0. The third-order valence-corrected chi connectivity index (χ3v) is 4.83. The van der Waals surface area contributed by atoms with E-state index in [1.807, 2.05) is 61.5 Å². The zero-order valence-corrected chi connectivity index (χ0v) is 15.4. The van der Waals surface area contributed by atoms with E-state index in [0.717, 1.165) is 27.6 Å². The minimum absolute atomic E-state index is 0.381. The molecule has 0 fully saturated rings. The Kier molecular flexibility index (Phi) is 4.31. The highest BCUT2D eigenvalue weighted by Crippen LogP contribution is 2.37. The van der Waals surface area contributed by atoms with Crippen molar-refractivity contribution >= 4 is 34.2 Å². The highest BCUT2D eigenvalue weighted by atomic mass is 35.5. The van der Waals surface area contributed by atoms with Gasteiger partial charge in [0.1, 0.15) is 5.58 Å². The predicted octanol–water partition coefficient (Wildman–Crippen LogP) is 6.74. The Morgan fingerprint density at radius 1 is 0.731 bits per heavy atom. The van der Waals surface area contributed by atoms with Crippen molar-refractivity contribution < 1.29 is 4.42 Å². The van der Waals surface area contributed by atoms with Crippen LogP contribution < -0.4 is 5.63 Å². The molecule has 0 amide bonds. The van der Waals surface area contributed by atoms with Gasteiger partial charge in [-0.15, -0.1) is 0 Å². The second-order valence-corrected chi connectivity index (χ2v) is 7.03. The average Bonchev–Trinajstić information content (AvgIpc) is 2.63. The highest BCUT2D eigenvalue weighted by molar-refractivity contribution is 6.31. The lowest BCUT2D eigenvalue weighted by atomic mass is 9.92. The topological polar surface area (TPSA) is 30.2 Å². The zero-order valence-electron chi connectivity index (χ0n) is 13.9. The third-order valence-electron chi connectivity index (χ3n) is 4.33. The number of hydrogen-bond acceptors (Lipinski definition) is 2. The van der Waals surface area contributed by atoms with Crippen molar-refractivity contribution in [1.82, 2.24) is 0 Å². The van der Waals surface area contributed by atoms with Gasteiger partial charge in [-0.1, -0.05) is 59.1 Å². The van der Waals surface area contributed by atoms with E-state index in [1.54, 1.807) is 12.1 Å². The molecule has 2 nitrogen and oxygen atoms in total. The summed E-state index contributed by atoms with van der Waals surface area (Å²) in [4.78, 5) is 12.8. The van der Waals surface area contributed by atoms with Gasteiger partial charge in [0.15, 0.2) is 0 Å². The molecule has 0 unspecified atom stereocenters. The monoisotopic (exact) mass is 380 g/mol. The number of benzene rings is 3. The lowest BCUT2D eigenvalue weighted by Gasteiger charge is -2.13. The van der Waals surface area contributed by atoms with Crippen LogP contribution in [0.2, 0.25) is 10.0 Å². The van der Waals surface area contributed by atoms with Crippen molar-refractivity contribution in [2.75, 3.05) is 0 Å². The minimum Gasteiger partial charge on any atom is -0.422 e. The van der Waals surface area contributed by atoms with Crippen LogP contribution in [0.4, 0.5) is 0 Å². The number of fused-ring (bicyclic) bond motifs is 1. The van der Waals surface area contributed by atoms with Gasteiger partial charge in [-0.3, -0.25) is 0 Å². The Bertz CT molecular complexity index is 1160. The zero-order chi connectivity index (χ0) is 18.3. The molecule has 0 aliphatic rings. The van der Waals surface area contributed by atoms with Gasteiger partial charge in [0.2, 0.25) is 0 Å². The van der Waals surface area contributed by atoms with Crippen LogP contribution in [0, 0.1) is 6.92 Å². The van der Waals surface area contributed by atoms with E-state index in [0.29, 0.717) is 21.2 Å². The summed E-state index contributed by atoms with van der Waals surface area (Å²) in [7, 11) is 0. The lowest BCUT2D eigenvalue weighted by molar-refractivity contribution is 0.564. The average molecular weight is 381 g/mol. The smallest absolute Gasteiger partial charge is 0.344 e. The van der Waals surface area contributed by atoms with Crippen LogP contribution in [-0.4, -0.2) is 0 Å². The molecule has 0 aliphatic heterocycles. The maximum atomic E-state index is 12.8. The van der Waals surface area contributed by atoms with Crippen molar-refractivity contribution in [2.45, 2.75) is 6.92 Å². The Morgan fingerprint density at radius 3 is 1.85 bits per heavy atom. The third kappa shape index (κ3) is 3.03. The maximum Gasteiger partial charge on any atom is 0.344 e. The van der Waals surface area contributed by atoms with Gasteiger partial charge in [0.05, 0.1) is 5.56 Å². The molecule has 0 aliphatic carbocycles. The van der Waals surface area contributed by atoms with E-state index in [4.69, 9.17) is 27.6 Å². The summed E-state index contributed by atoms with van der Waals surface area (Å²) in [5.41, 5.74) is 4.28. The molecule has 4 rings (SSSR count). The first-order chi connectivity index (χ1) is 12.5. The molecule has 4 heteroatoms. The summed E-state index contributed by atoms with van der Waals surface area (Å²) in [5, 5.41) is 2.14. The molecule has 0 atom stereocenters. The van der Waals surface area contributed by atoms with E-state index < -0.39 is 0 Å². The van der Waals surface area contributed by atoms with Gasteiger partial charge in [-0.05, 0) is 54.4 Å². The Labute approximate surface area is 160 Å². The van der Waals surface area contributed by atoms with Gasteiger partial charge in [-0.25, -0.2) is 4.79 Å². The Hall–Kier alpha value is -2.55. The SMILES string of the molecule is Cc1ccc2oc(=O)c(-c3ccc(Cl)cc3)c(-c3ccc(Cl)cc3)c2c1. The fourth-order valence-electron chi connectivity index (χ4n) is 3.11. The first-order valence-corrected chi connectivity index (χ1v) is 8.88. The summed E-state index contributed by atoms with van der Waals surface area (Å²) in [6, 6.07) is 20.4. The molecule has 3 aromatic carbocycles. The number of aryl methyl sites for hydroxylation is 1. The van der Waals surface area contributed by atoms with Crippen LogP contribution in [0.1, 0.15) is 5.56 Å². The highest BCUT2D eigenvalue weighted by Gasteiger charge is 2.18. The number of rotatable bonds is 2. The quantitative estimate of drug-likeness (QED) is 0.360. The van der Waals surface area contributed by atoms with Crippen molar-refractivity contribution in [3.8, 4) is 22.3 Å². The number of hydrogen-bond donors (Lipinski definition) is 0. The summed E-state index contributed by atoms with van der Waals surface area (Å²) in [6.45, 7) is 2.01. The van der Waals surface area contributed by atoms with E-state index in [1.165, 1.54) is 0 Å². The largest absolute Gasteiger partial charge is 0.422 e. The van der Waals surface area contributed by atoms with Crippen LogP contribution >= 0.6 is 23.2 Å². The Morgan fingerprint density at radius 2 is 1.27 bits per heavy atom. The molecule has 128 valence electrons. The van der Waals surface area contributed by atoms with Crippen molar-refractivity contribution in [3.05, 3.63) is 92.8 Å². The second kappa shape index (κ2) is 6.64. The second-order valence-electron chi connectivity index (χ2n) is 6.15. The first kappa shape index (κ1) is 16.9. The number of halogens is 2. The lowest BCUT2D eigenvalue weighted by Crippen LogP contribution is -2.06. The molecule has 0 saturated heterocycles. The van der Waals surface area contributed by atoms with Gasteiger partial charge in [-0.2, -0.15) is 0 Å². The summed E-state index contributed by atoms with van der Waals surface area (Å²) in [5.74, 6) is 0. The van der Waals surface area contributed by atoms with Crippen molar-refractivity contribution in [2.24, 2.45) is 0 Å². The predicted molar refractivity (Wildman–Crippen MR) is 108 cm³/mol. The van der Waals surface area contributed by atoms with E-state index >= 15 is 0 Å². The van der Waals surface area contributed by atoms with Crippen LogP contribution in [0.15, 0.2) is 75.9 Å². The molecule has 0 bridgehead atoms. The molecular weight excluding hydrogens is 367 g/mol. The van der Waals surface area contributed by atoms with Gasteiger partial charge in [0, 0.05) is 21.0 Å². The maximum absolute atomic E-state index is 12.8. The molecule has 0 spiro atoms. The molecule has 4 aromatic rings. The first-order valence-electron chi connectivity index (χ1n) is 8.12. The standard InChI is InChI=1S/C22H14Cl2O2/c1-13-2-11-19-18(12-13)20(14-3-7-16(23)8-4-14)21(22(25)26-19)15-5-9-17(24)10-6-15/h2-12H,1H3. The van der Waals surface area contributed by atoms with Crippen LogP contribution in [0.5, 0.6) is 0 Å². The van der Waals surface area contributed by atoms with E-state index in [9.17, 15) is 4.79 Å². The summed E-state index contributed by atoms with van der Waals surface area (Å²) < 4.78 is 5.60. The fraction of sp³-hybridized carbons (Fsp3) is 0.0455.